The van der Waals surface area contributed by atoms with Crippen molar-refractivity contribution in [2.45, 2.75) is 58.6 Å². The maximum atomic E-state index is 15.3. The Morgan fingerprint density at radius 2 is 1.92 bits per heavy atom. The number of benzene rings is 1. The molecule has 1 saturated carbocycles. The minimum absolute atomic E-state index is 0. The predicted octanol–water partition coefficient (Wildman–Crippen LogP) is 4.27. The van der Waals surface area contributed by atoms with Crippen LogP contribution in [0.1, 0.15) is 59.9 Å². The van der Waals surface area contributed by atoms with E-state index >= 15 is 4.39 Å². The summed E-state index contributed by atoms with van der Waals surface area (Å²) in [5.41, 5.74) is 2.99. The molecule has 0 radical (unpaired) electrons. The number of hydrogen-bond acceptors (Lipinski definition) is 7. The van der Waals surface area contributed by atoms with Crippen LogP contribution in [0, 0.1) is 12.7 Å². The summed E-state index contributed by atoms with van der Waals surface area (Å²) >= 11 is 0. The van der Waals surface area contributed by atoms with Gasteiger partial charge in [-0.3, -0.25) is 14.7 Å². The number of rotatable bonds is 5. The number of aryl methyl sites for hydroxylation is 1. The summed E-state index contributed by atoms with van der Waals surface area (Å²) in [6.45, 7) is 9.55. The van der Waals surface area contributed by atoms with Crippen LogP contribution in [0.15, 0.2) is 29.3 Å². The van der Waals surface area contributed by atoms with Crippen molar-refractivity contribution in [2.24, 2.45) is 0 Å². The molecule has 0 spiro atoms. The van der Waals surface area contributed by atoms with Gasteiger partial charge in [-0.15, -0.1) is 12.4 Å². The fourth-order valence-corrected chi connectivity index (χ4v) is 5.42. The molecule has 0 amide bonds. The molecular weight excluding hydrogens is 527 g/mol. The molecule has 0 atom stereocenters. The highest BCUT2D eigenvalue weighted by molar-refractivity contribution is 5.93. The second kappa shape index (κ2) is 10.1. The summed E-state index contributed by atoms with van der Waals surface area (Å²) < 4.78 is 29.1. The zero-order chi connectivity index (χ0) is 26.8. The zero-order valence-electron chi connectivity index (χ0n) is 22.2. The predicted molar refractivity (Wildman–Crippen MR) is 147 cm³/mol. The van der Waals surface area contributed by atoms with Gasteiger partial charge < -0.3 is 24.0 Å². The number of aromatic nitrogens is 2. The SMILES string of the molecule is Cc1ncc(CN2CCN(c3cc4c(cc3F)c(=O)c(C(=O)O)cn4C3CC3)CC2)c2c1OC(C)(C)OC2.Cl. The van der Waals surface area contributed by atoms with Crippen molar-refractivity contribution in [3.05, 3.63) is 63.0 Å². The molecule has 2 aromatic heterocycles. The standard InChI is InChI=1S/C28H31FN4O5.ClH/c1-16-26-21(15-37-28(2,3)38-26)17(12-30-16)13-31-6-8-32(9-7-31)24-11-23-19(10-22(24)29)25(34)20(27(35)36)14-33(23)18-4-5-18;/h10-12,14,18H,4-9,13,15H2,1-3H3,(H,35,36);1H. The number of nitrogens with zero attached hydrogens (tertiary/aromatic N) is 4. The molecule has 3 aliphatic rings. The van der Waals surface area contributed by atoms with Crippen LogP contribution >= 0.6 is 12.4 Å². The molecule has 0 bridgehead atoms. The summed E-state index contributed by atoms with van der Waals surface area (Å²) in [6, 6.07) is 3.05. The van der Waals surface area contributed by atoms with E-state index in [0.29, 0.717) is 37.4 Å². The second-order valence-corrected chi connectivity index (χ2v) is 10.9. The molecule has 1 saturated heterocycles. The molecule has 1 N–H and O–H groups in total. The largest absolute Gasteiger partial charge is 0.477 e. The van der Waals surface area contributed by atoms with E-state index in [1.807, 2.05) is 36.4 Å². The minimum atomic E-state index is -1.29. The molecule has 1 aliphatic carbocycles. The molecule has 11 heteroatoms. The normalized spacial score (nSPS) is 18.8. The van der Waals surface area contributed by atoms with Gasteiger partial charge in [-0.2, -0.15) is 0 Å². The van der Waals surface area contributed by atoms with Gasteiger partial charge >= 0.3 is 5.97 Å². The number of carbonyl (C=O) groups is 1. The van der Waals surface area contributed by atoms with Crippen LogP contribution in [0.2, 0.25) is 0 Å². The first-order valence-corrected chi connectivity index (χ1v) is 13.0. The fraction of sp³-hybridized carbons (Fsp3) is 0.464. The average Bonchev–Trinajstić information content (AvgIpc) is 3.71. The molecule has 1 aromatic carbocycles. The monoisotopic (exact) mass is 558 g/mol. The summed E-state index contributed by atoms with van der Waals surface area (Å²) in [6.07, 6.45) is 5.12. The van der Waals surface area contributed by atoms with Gasteiger partial charge in [0.1, 0.15) is 17.1 Å². The molecule has 2 aliphatic heterocycles. The van der Waals surface area contributed by atoms with E-state index in [2.05, 4.69) is 9.88 Å². The van der Waals surface area contributed by atoms with E-state index < -0.39 is 23.0 Å². The molecule has 2 fully saturated rings. The Morgan fingerprint density at radius 3 is 2.59 bits per heavy atom. The van der Waals surface area contributed by atoms with Crippen LogP contribution in [0.3, 0.4) is 0 Å². The van der Waals surface area contributed by atoms with E-state index in [1.165, 1.54) is 12.3 Å². The first kappa shape index (κ1) is 27.4. The topological polar surface area (TPSA) is 97.1 Å². The van der Waals surface area contributed by atoms with Crippen molar-refractivity contribution in [2.75, 3.05) is 31.1 Å². The maximum absolute atomic E-state index is 15.3. The van der Waals surface area contributed by atoms with Gasteiger partial charge in [-0.1, -0.05) is 0 Å². The van der Waals surface area contributed by atoms with Crippen LogP contribution in [-0.2, 0) is 17.9 Å². The van der Waals surface area contributed by atoms with Gasteiger partial charge in [0.15, 0.2) is 0 Å². The Balaban J connectivity index is 0.00000308. The minimum Gasteiger partial charge on any atom is -0.477 e. The molecule has 4 heterocycles. The molecule has 39 heavy (non-hydrogen) atoms. The van der Waals surface area contributed by atoms with Crippen LogP contribution in [0.5, 0.6) is 5.75 Å². The lowest BCUT2D eigenvalue weighted by Gasteiger charge is -2.38. The molecule has 6 rings (SSSR count). The highest BCUT2D eigenvalue weighted by atomic mass is 35.5. The van der Waals surface area contributed by atoms with Crippen molar-refractivity contribution in [1.82, 2.24) is 14.5 Å². The van der Waals surface area contributed by atoms with Gasteiger partial charge in [0.25, 0.3) is 0 Å². The van der Waals surface area contributed by atoms with E-state index in [-0.39, 0.29) is 29.4 Å². The maximum Gasteiger partial charge on any atom is 0.341 e. The van der Waals surface area contributed by atoms with Crippen LogP contribution in [0.4, 0.5) is 10.1 Å². The third kappa shape index (κ3) is 5.08. The lowest BCUT2D eigenvalue weighted by atomic mass is 10.1. The Bertz CT molecular complexity index is 1510. The molecule has 208 valence electrons. The smallest absolute Gasteiger partial charge is 0.341 e. The van der Waals surface area contributed by atoms with Gasteiger partial charge in [-0.05, 0) is 37.5 Å². The summed E-state index contributed by atoms with van der Waals surface area (Å²) in [7, 11) is 0. The third-order valence-corrected chi connectivity index (χ3v) is 7.69. The molecule has 0 unspecified atom stereocenters. The Labute approximate surface area is 231 Å². The summed E-state index contributed by atoms with van der Waals surface area (Å²) in [4.78, 5) is 33.2. The lowest BCUT2D eigenvalue weighted by Crippen LogP contribution is -2.46. The molecule has 3 aromatic rings. The highest BCUT2D eigenvalue weighted by Gasteiger charge is 2.32. The van der Waals surface area contributed by atoms with Crippen molar-refractivity contribution >= 4 is 35.0 Å². The zero-order valence-corrected chi connectivity index (χ0v) is 23.0. The lowest BCUT2D eigenvalue weighted by molar-refractivity contribution is -0.180. The number of anilines is 1. The van der Waals surface area contributed by atoms with E-state index in [0.717, 1.165) is 48.5 Å². The quantitative estimate of drug-likeness (QED) is 0.496. The number of carboxylic acids is 1. The first-order chi connectivity index (χ1) is 18.1. The number of piperazine rings is 1. The van der Waals surface area contributed by atoms with Crippen molar-refractivity contribution in [3.63, 3.8) is 0 Å². The van der Waals surface area contributed by atoms with E-state index in [9.17, 15) is 14.7 Å². The molecule has 9 nitrogen and oxygen atoms in total. The van der Waals surface area contributed by atoms with Gasteiger partial charge in [0.05, 0.1) is 23.5 Å². The summed E-state index contributed by atoms with van der Waals surface area (Å²) in [5, 5.41) is 9.59. The molecular formula is C28H32ClFN4O5. The Hall–Kier alpha value is -3.21. The van der Waals surface area contributed by atoms with Gasteiger partial charge in [0, 0.05) is 76.0 Å². The first-order valence-electron chi connectivity index (χ1n) is 13.0. The number of pyridine rings is 2. The van der Waals surface area contributed by atoms with Crippen LogP contribution in [0.25, 0.3) is 10.9 Å². The average molecular weight is 559 g/mol. The number of carboxylic acid groups (broad SMARTS) is 1. The number of aromatic carboxylic acids is 1. The van der Waals surface area contributed by atoms with Crippen LogP contribution in [-0.4, -0.2) is 57.5 Å². The summed E-state index contributed by atoms with van der Waals surface area (Å²) in [5.74, 6) is -1.70. The van der Waals surface area contributed by atoms with E-state index in [4.69, 9.17) is 9.47 Å². The van der Waals surface area contributed by atoms with Gasteiger partial charge in [0.2, 0.25) is 11.2 Å². The van der Waals surface area contributed by atoms with E-state index in [1.54, 1.807) is 6.07 Å². The fourth-order valence-electron chi connectivity index (χ4n) is 5.42. The van der Waals surface area contributed by atoms with Crippen molar-refractivity contribution in [3.8, 4) is 5.75 Å². The number of halogens is 2. The third-order valence-electron chi connectivity index (χ3n) is 7.69. The number of hydrogen-bond donors (Lipinski definition) is 1. The number of ether oxygens (including phenoxy) is 2. The van der Waals surface area contributed by atoms with Crippen molar-refractivity contribution < 1.29 is 23.8 Å². The van der Waals surface area contributed by atoms with Gasteiger partial charge in [-0.25, -0.2) is 9.18 Å². The Morgan fingerprint density at radius 1 is 1.21 bits per heavy atom. The highest BCUT2D eigenvalue weighted by Crippen LogP contribution is 2.39. The second-order valence-electron chi connectivity index (χ2n) is 10.9. The van der Waals surface area contributed by atoms with Crippen LogP contribution < -0.4 is 15.1 Å². The Kier molecular flexibility index (Phi) is 7.07. The van der Waals surface area contributed by atoms with Crippen molar-refractivity contribution in [1.29, 1.82) is 0 Å². The number of fused-ring (bicyclic) bond motifs is 2.